The van der Waals surface area contributed by atoms with Crippen molar-refractivity contribution in [2.45, 2.75) is 6.92 Å². The molecule has 0 saturated carbocycles. The number of aromatic carboxylic acids is 1. The number of anilines is 1. The molecule has 0 aliphatic heterocycles. The van der Waals surface area contributed by atoms with E-state index in [0.29, 0.717) is 5.69 Å². The smallest absolute Gasteiger partial charge is 0.335 e. The second-order valence-corrected chi connectivity index (χ2v) is 3.97. The molecule has 1 heterocycles. The van der Waals surface area contributed by atoms with Gasteiger partial charge in [0.25, 0.3) is 0 Å². The first-order valence-corrected chi connectivity index (χ1v) is 5.62. The Morgan fingerprint density at radius 2 is 2.20 bits per heavy atom. The van der Waals surface area contributed by atoms with Gasteiger partial charge in [0.05, 0.1) is 17.4 Å². The van der Waals surface area contributed by atoms with E-state index in [-0.39, 0.29) is 22.9 Å². The molecule has 0 aliphatic rings. The summed E-state index contributed by atoms with van der Waals surface area (Å²) >= 11 is 0. The van der Waals surface area contributed by atoms with Gasteiger partial charge in [-0.05, 0) is 18.2 Å². The van der Waals surface area contributed by atoms with Crippen LogP contribution in [0.2, 0.25) is 0 Å². The summed E-state index contributed by atoms with van der Waals surface area (Å²) in [6, 6.07) is 7.95. The Balaban J connectivity index is 2.55. The average Bonchev–Trinajstić information content (AvgIpc) is 2.81. The molecule has 0 radical (unpaired) electrons. The number of nitrogens with one attached hydrogen (secondary N) is 1. The number of nitriles is 1. The summed E-state index contributed by atoms with van der Waals surface area (Å²) in [5.41, 5.74) is 0.723. The third kappa shape index (κ3) is 2.49. The molecule has 0 unspecified atom stereocenters. The number of benzene rings is 1. The summed E-state index contributed by atoms with van der Waals surface area (Å²) in [5, 5.41) is 24.5. The molecule has 0 spiro atoms. The quantitative estimate of drug-likeness (QED) is 0.876. The fraction of sp³-hybridized carbons (Fsp3) is 0.0769. The lowest BCUT2D eigenvalue weighted by Crippen LogP contribution is -2.12. The van der Waals surface area contributed by atoms with E-state index in [1.165, 1.54) is 29.9 Å². The van der Waals surface area contributed by atoms with Gasteiger partial charge in [0, 0.05) is 6.92 Å². The van der Waals surface area contributed by atoms with Crippen LogP contribution in [0.5, 0.6) is 0 Å². The number of amides is 1. The van der Waals surface area contributed by atoms with E-state index in [4.69, 9.17) is 10.4 Å². The highest BCUT2D eigenvalue weighted by Crippen LogP contribution is 2.20. The maximum atomic E-state index is 11.2. The summed E-state index contributed by atoms with van der Waals surface area (Å²) in [6.45, 7) is 1.31. The highest BCUT2D eigenvalue weighted by molar-refractivity contribution is 5.90. The lowest BCUT2D eigenvalue weighted by atomic mass is 10.2. The molecule has 7 heteroatoms. The van der Waals surface area contributed by atoms with Gasteiger partial charge < -0.3 is 10.4 Å². The largest absolute Gasteiger partial charge is 0.478 e. The highest BCUT2D eigenvalue weighted by atomic mass is 16.4. The van der Waals surface area contributed by atoms with Crippen LogP contribution >= 0.6 is 0 Å². The number of nitrogens with zero attached hydrogens (tertiary/aromatic N) is 3. The van der Waals surface area contributed by atoms with Crippen molar-refractivity contribution in [2.75, 3.05) is 5.32 Å². The van der Waals surface area contributed by atoms with Crippen LogP contribution in [-0.2, 0) is 4.79 Å². The molecule has 20 heavy (non-hydrogen) atoms. The van der Waals surface area contributed by atoms with Gasteiger partial charge in [-0.2, -0.15) is 10.4 Å². The molecule has 0 fully saturated rings. The Hall–Kier alpha value is -3.14. The maximum Gasteiger partial charge on any atom is 0.335 e. The summed E-state index contributed by atoms with van der Waals surface area (Å²) in [6.07, 6.45) is 1.30. The number of carboxylic acids is 1. The Labute approximate surface area is 114 Å². The average molecular weight is 270 g/mol. The molecule has 0 saturated heterocycles. The zero-order valence-corrected chi connectivity index (χ0v) is 10.5. The second kappa shape index (κ2) is 5.24. The van der Waals surface area contributed by atoms with E-state index in [1.807, 2.05) is 6.07 Å². The first kappa shape index (κ1) is 13.3. The monoisotopic (exact) mass is 270 g/mol. The third-order valence-corrected chi connectivity index (χ3v) is 2.52. The van der Waals surface area contributed by atoms with Crippen molar-refractivity contribution in [3.63, 3.8) is 0 Å². The molecule has 7 nitrogen and oxygen atoms in total. The van der Waals surface area contributed by atoms with Gasteiger partial charge in [-0.25, -0.2) is 9.48 Å². The normalized spacial score (nSPS) is 9.80. The predicted octanol–water partition coefficient (Wildman–Crippen LogP) is 1.40. The molecule has 2 aromatic rings. The van der Waals surface area contributed by atoms with Gasteiger partial charge in [0.2, 0.25) is 5.91 Å². The van der Waals surface area contributed by atoms with Crippen LogP contribution in [0.4, 0.5) is 5.82 Å². The van der Waals surface area contributed by atoms with Crippen LogP contribution in [0.25, 0.3) is 5.69 Å². The standard InChI is InChI=1S/C13H10N4O3/c1-8(18)16-12-10(6-14)7-15-17(12)11-4-2-3-9(5-11)13(19)20/h2-5,7H,1H3,(H,16,18)(H,19,20). The van der Waals surface area contributed by atoms with Gasteiger partial charge in [-0.1, -0.05) is 6.07 Å². The van der Waals surface area contributed by atoms with E-state index in [9.17, 15) is 9.59 Å². The summed E-state index contributed by atoms with van der Waals surface area (Å²) in [7, 11) is 0. The van der Waals surface area contributed by atoms with Crippen molar-refractivity contribution >= 4 is 17.7 Å². The fourth-order valence-corrected chi connectivity index (χ4v) is 1.68. The molecule has 1 aromatic heterocycles. The Bertz CT molecular complexity index is 727. The van der Waals surface area contributed by atoms with Gasteiger partial charge in [0.1, 0.15) is 11.6 Å². The Kier molecular flexibility index (Phi) is 3.48. The lowest BCUT2D eigenvalue weighted by molar-refractivity contribution is -0.114. The van der Waals surface area contributed by atoms with Gasteiger partial charge >= 0.3 is 5.97 Å². The van der Waals surface area contributed by atoms with Crippen molar-refractivity contribution in [3.05, 3.63) is 41.6 Å². The van der Waals surface area contributed by atoms with Crippen LogP contribution in [0.1, 0.15) is 22.8 Å². The van der Waals surface area contributed by atoms with Crippen LogP contribution in [0.3, 0.4) is 0 Å². The zero-order chi connectivity index (χ0) is 14.7. The van der Waals surface area contributed by atoms with Crippen molar-refractivity contribution in [2.24, 2.45) is 0 Å². The number of rotatable bonds is 3. The molecule has 0 aliphatic carbocycles. The lowest BCUT2D eigenvalue weighted by Gasteiger charge is -2.08. The predicted molar refractivity (Wildman–Crippen MR) is 69.5 cm³/mol. The Morgan fingerprint density at radius 3 is 2.80 bits per heavy atom. The first-order chi connectivity index (χ1) is 9.52. The van der Waals surface area contributed by atoms with E-state index >= 15 is 0 Å². The topological polar surface area (TPSA) is 108 Å². The molecule has 1 amide bonds. The molecular formula is C13H10N4O3. The second-order valence-electron chi connectivity index (χ2n) is 3.97. The number of carbonyl (C=O) groups is 2. The summed E-state index contributed by atoms with van der Waals surface area (Å²) in [4.78, 5) is 22.1. The maximum absolute atomic E-state index is 11.2. The van der Waals surface area contributed by atoms with Gasteiger partial charge in [-0.3, -0.25) is 4.79 Å². The Morgan fingerprint density at radius 1 is 1.45 bits per heavy atom. The van der Waals surface area contributed by atoms with Crippen LogP contribution in [0, 0.1) is 11.3 Å². The SMILES string of the molecule is CC(=O)Nc1c(C#N)cnn1-c1cccc(C(=O)O)c1. The number of hydrogen-bond donors (Lipinski definition) is 2. The van der Waals surface area contributed by atoms with Crippen molar-refractivity contribution in [1.29, 1.82) is 5.26 Å². The van der Waals surface area contributed by atoms with E-state index in [2.05, 4.69) is 10.4 Å². The van der Waals surface area contributed by atoms with Crippen LogP contribution in [0.15, 0.2) is 30.5 Å². The van der Waals surface area contributed by atoms with Crippen molar-refractivity contribution in [1.82, 2.24) is 9.78 Å². The zero-order valence-electron chi connectivity index (χ0n) is 10.5. The minimum absolute atomic E-state index is 0.0882. The summed E-state index contributed by atoms with van der Waals surface area (Å²) < 4.78 is 1.31. The fourth-order valence-electron chi connectivity index (χ4n) is 1.68. The van der Waals surface area contributed by atoms with Crippen molar-refractivity contribution in [3.8, 4) is 11.8 Å². The third-order valence-electron chi connectivity index (χ3n) is 2.52. The van der Waals surface area contributed by atoms with E-state index in [1.54, 1.807) is 12.1 Å². The van der Waals surface area contributed by atoms with Gasteiger partial charge in [-0.15, -0.1) is 0 Å². The number of carbonyl (C=O) groups excluding carboxylic acids is 1. The number of hydrogen-bond acceptors (Lipinski definition) is 4. The molecule has 2 N–H and O–H groups in total. The minimum atomic E-state index is -1.07. The summed E-state index contributed by atoms with van der Waals surface area (Å²) in [5.74, 6) is -1.21. The number of carboxylic acid groups (broad SMARTS) is 1. The molecule has 2 rings (SSSR count). The van der Waals surface area contributed by atoms with E-state index in [0.717, 1.165) is 0 Å². The molecule has 100 valence electrons. The minimum Gasteiger partial charge on any atom is -0.478 e. The molecule has 1 aromatic carbocycles. The molecule has 0 atom stereocenters. The molecule has 0 bridgehead atoms. The highest BCUT2D eigenvalue weighted by Gasteiger charge is 2.14. The first-order valence-electron chi connectivity index (χ1n) is 5.62. The van der Waals surface area contributed by atoms with Crippen LogP contribution < -0.4 is 5.32 Å². The van der Waals surface area contributed by atoms with Gasteiger partial charge in [0.15, 0.2) is 5.82 Å². The van der Waals surface area contributed by atoms with E-state index < -0.39 is 5.97 Å². The molecular weight excluding hydrogens is 260 g/mol. The number of aromatic nitrogens is 2. The van der Waals surface area contributed by atoms with Crippen LogP contribution in [-0.4, -0.2) is 26.8 Å². The van der Waals surface area contributed by atoms with Crippen molar-refractivity contribution < 1.29 is 14.7 Å².